The molecule has 4 nitrogen and oxygen atoms in total. The van der Waals surface area contributed by atoms with Gasteiger partial charge in [0, 0.05) is 30.1 Å². The molecule has 1 aromatic carbocycles. The summed E-state index contributed by atoms with van der Waals surface area (Å²) in [6, 6.07) is 10.2. The van der Waals surface area contributed by atoms with E-state index in [9.17, 15) is 0 Å². The monoisotopic (exact) mass is 284 g/mol. The molecular weight excluding hydrogens is 268 g/mol. The van der Waals surface area contributed by atoms with Crippen molar-refractivity contribution >= 4 is 22.2 Å². The number of likely N-dealkylation sites (N-methyl/N-ethyl adjacent to an activating group) is 1. The molecule has 0 bridgehead atoms. The molecule has 0 saturated heterocycles. The number of nitrogens with one attached hydrogen (secondary N) is 1. The van der Waals surface area contributed by atoms with Crippen molar-refractivity contribution in [2.24, 2.45) is 0 Å². The van der Waals surface area contributed by atoms with E-state index in [1.54, 1.807) is 11.3 Å². The Morgan fingerprint density at radius 3 is 3.05 bits per heavy atom. The molecule has 102 valence electrons. The average Bonchev–Trinajstić information content (AvgIpc) is 2.96. The van der Waals surface area contributed by atoms with Crippen LogP contribution in [0.2, 0.25) is 0 Å². The van der Waals surface area contributed by atoms with Gasteiger partial charge in [0.25, 0.3) is 0 Å². The quantitative estimate of drug-likeness (QED) is 0.732. The lowest BCUT2D eigenvalue weighted by atomic mass is 10.1. The van der Waals surface area contributed by atoms with Gasteiger partial charge in [-0.25, -0.2) is 0 Å². The first-order chi connectivity index (χ1) is 9.86. The third kappa shape index (κ3) is 2.84. The molecule has 0 fully saturated rings. The van der Waals surface area contributed by atoms with E-state index >= 15 is 0 Å². The van der Waals surface area contributed by atoms with Gasteiger partial charge in [0.05, 0.1) is 5.52 Å². The van der Waals surface area contributed by atoms with Crippen molar-refractivity contribution < 1.29 is 0 Å². The Morgan fingerprint density at radius 1 is 1.20 bits per heavy atom. The summed E-state index contributed by atoms with van der Waals surface area (Å²) in [7, 11) is 0. The molecule has 2 aromatic heterocycles. The third-order valence-corrected chi connectivity index (χ3v) is 4.11. The maximum absolute atomic E-state index is 4.33. The van der Waals surface area contributed by atoms with Gasteiger partial charge in [-0.15, -0.1) is 10.2 Å². The van der Waals surface area contributed by atoms with E-state index in [0.29, 0.717) is 0 Å². The first-order valence-electron chi connectivity index (χ1n) is 6.75. The molecule has 0 aliphatic heterocycles. The SMILES string of the molecule is CCNCCc1nnc(-c2ccc3ncccc3c2)s1. The minimum Gasteiger partial charge on any atom is -0.317 e. The number of benzene rings is 1. The Labute approximate surface area is 121 Å². The molecule has 0 unspecified atom stereocenters. The molecule has 0 amide bonds. The van der Waals surface area contributed by atoms with E-state index < -0.39 is 0 Å². The minimum absolute atomic E-state index is 0.931. The standard InChI is InChI=1S/C15H16N4S/c1-2-16-9-7-14-18-19-15(20-14)12-5-6-13-11(10-12)4-3-8-17-13/h3-6,8,10,16H,2,7,9H2,1H3. The summed E-state index contributed by atoms with van der Waals surface area (Å²) in [5.74, 6) is 0. The van der Waals surface area contributed by atoms with Gasteiger partial charge in [-0.2, -0.15) is 0 Å². The zero-order valence-electron chi connectivity index (χ0n) is 11.3. The van der Waals surface area contributed by atoms with Crippen LogP contribution in [0.15, 0.2) is 36.5 Å². The second-order valence-corrected chi connectivity index (χ2v) is 5.58. The second-order valence-electron chi connectivity index (χ2n) is 4.52. The van der Waals surface area contributed by atoms with E-state index in [2.05, 4.69) is 45.6 Å². The summed E-state index contributed by atoms with van der Waals surface area (Å²) >= 11 is 1.66. The lowest BCUT2D eigenvalue weighted by Gasteiger charge is -1.99. The fourth-order valence-corrected chi connectivity index (χ4v) is 2.89. The number of aromatic nitrogens is 3. The van der Waals surface area contributed by atoms with Crippen LogP contribution in [-0.4, -0.2) is 28.3 Å². The van der Waals surface area contributed by atoms with E-state index in [0.717, 1.165) is 46.0 Å². The van der Waals surface area contributed by atoms with Crippen molar-refractivity contribution in [3.63, 3.8) is 0 Å². The highest BCUT2D eigenvalue weighted by Crippen LogP contribution is 2.26. The number of nitrogens with zero attached hydrogens (tertiary/aromatic N) is 3. The summed E-state index contributed by atoms with van der Waals surface area (Å²) in [5.41, 5.74) is 2.12. The van der Waals surface area contributed by atoms with Gasteiger partial charge < -0.3 is 5.32 Å². The van der Waals surface area contributed by atoms with Crippen LogP contribution in [0.1, 0.15) is 11.9 Å². The van der Waals surface area contributed by atoms with Crippen LogP contribution in [-0.2, 0) is 6.42 Å². The minimum atomic E-state index is 0.931. The predicted octanol–water partition coefficient (Wildman–Crippen LogP) is 2.91. The summed E-state index contributed by atoms with van der Waals surface area (Å²) < 4.78 is 0. The molecule has 0 radical (unpaired) electrons. The Morgan fingerprint density at radius 2 is 2.15 bits per heavy atom. The molecule has 0 spiro atoms. The Kier molecular flexibility index (Phi) is 3.99. The molecule has 3 aromatic rings. The topological polar surface area (TPSA) is 50.7 Å². The predicted molar refractivity (Wildman–Crippen MR) is 82.9 cm³/mol. The van der Waals surface area contributed by atoms with E-state index in [-0.39, 0.29) is 0 Å². The van der Waals surface area contributed by atoms with Crippen LogP contribution < -0.4 is 5.32 Å². The van der Waals surface area contributed by atoms with Crippen LogP contribution in [0, 0.1) is 0 Å². The van der Waals surface area contributed by atoms with E-state index in [1.807, 2.05) is 18.3 Å². The van der Waals surface area contributed by atoms with Gasteiger partial charge in [0.1, 0.15) is 10.0 Å². The van der Waals surface area contributed by atoms with Gasteiger partial charge >= 0.3 is 0 Å². The molecule has 5 heteroatoms. The van der Waals surface area contributed by atoms with E-state index in [1.165, 1.54) is 0 Å². The van der Waals surface area contributed by atoms with Crippen molar-refractivity contribution in [1.82, 2.24) is 20.5 Å². The summed E-state index contributed by atoms with van der Waals surface area (Å²) in [6.45, 7) is 4.05. The van der Waals surface area contributed by atoms with Crippen LogP contribution in [0.3, 0.4) is 0 Å². The maximum atomic E-state index is 4.33. The van der Waals surface area contributed by atoms with E-state index in [4.69, 9.17) is 0 Å². The van der Waals surface area contributed by atoms with Gasteiger partial charge in [-0.3, -0.25) is 4.98 Å². The van der Waals surface area contributed by atoms with Gasteiger partial charge in [-0.1, -0.05) is 24.3 Å². The van der Waals surface area contributed by atoms with Crippen LogP contribution in [0.5, 0.6) is 0 Å². The normalized spacial score (nSPS) is 11.1. The lowest BCUT2D eigenvalue weighted by Crippen LogP contribution is -2.15. The fraction of sp³-hybridized carbons (Fsp3) is 0.267. The Hall–Kier alpha value is -1.85. The Bertz CT molecular complexity index is 708. The highest BCUT2D eigenvalue weighted by molar-refractivity contribution is 7.14. The molecule has 0 atom stereocenters. The van der Waals surface area contributed by atoms with Crippen LogP contribution in [0.25, 0.3) is 21.5 Å². The number of hydrogen-bond acceptors (Lipinski definition) is 5. The van der Waals surface area contributed by atoms with Crippen molar-refractivity contribution in [2.75, 3.05) is 13.1 Å². The molecule has 0 saturated carbocycles. The number of hydrogen-bond donors (Lipinski definition) is 1. The van der Waals surface area contributed by atoms with Gasteiger partial charge in [0.2, 0.25) is 0 Å². The highest BCUT2D eigenvalue weighted by atomic mass is 32.1. The number of pyridine rings is 1. The van der Waals surface area contributed by atoms with Crippen molar-refractivity contribution in [3.8, 4) is 10.6 Å². The molecule has 0 aliphatic carbocycles. The largest absolute Gasteiger partial charge is 0.317 e. The van der Waals surface area contributed by atoms with Crippen molar-refractivity contribution in [1.29, 1.82) is 0 Å². The molecule has 3 rings (SSSR count). The van der Waals surface area contributed by atoms with Crippen molar-refractivity contribution in [3.05, 3.63) is 41.5 Å². The second kappa shape index (κ2) is 6.07. The molecule has 0 aliphatic rings. The average molecular weight is 284 g/mol. The van der Waals surface area contributed by atoms with Gasteiger partial charge in [-0.05, 0) is 30.8 Å². The summed E-state index contributed by atoms with van der Waals surface area (Å²) in [5, 5.41) is 15.0. The smallest absolute Gasteiger partial charge is 0.147 e. The number of rotatable bonds is 5. The summed E-state index contributed by atoms with van der Waals surface area (Å²) in [4.78, 5) is 4.33. The summed E-state index contributed by atoms with van der Waals surface area (Å²) in [6.07, 6.45) is 2.74. The van der Waals surface area contributed by atoms with Crippen molar-refractivity contribution in [2.45, 2.75) is 13.3 Å². The Balaban J connectivity index is 1.83. The lowest BCUT2D eigenvalue weighted by molar-refractivity contribution is 0.710. The van der Waals surface area contributed by atoms with Crippen LogP contribution in [0.4, 0.5) is 0 Å². The highest BCUT2D eigenvalue weighted by Gasteiger charge is 2.07. The van der Waals surface area contributed by atoms with Gasteiger partial charge in [0.15, 0.2) is 0 Å². The first-order valence-corrected chi connectivity index (χ1v) is 7.56. The molecular formula is C15H16N4S. The molecule has 1 N–H and O–H groups in total. The van der Waals surface area contributed by atoms with Crippen LogP contribution >= 0.6 is 11.3 Å². The molecule has 20 heavy (non-hydrogen) atoms. The number of fused-ring (bicyclic) bond motifs is 1. The molecule has 2 heterocycles. The fourth-order valence-electron chi connectivity index (χ4n) is 2.05. The first kappa shape index (κ1) is 13.1. The maximum Gasteiger partial charge on any atom is 0.147 e. The zero-order chi connectivity index (χ0) is 13.8. The zero-order valence-corrected chi connectivity index (χ0v) is 12.2. The third-order valence-electron chi connectivity index (χ3n) is 3.08.